The zero-order valence-electron chi connectivity index (χ0n) is 15.7. The summed E-state index contributed by atoms with van der Waals surface area (Å²) in [4.78, 5) is 53.3. The van der Waals surface area contributed by atoms with E-state index in [0.717, 1.165) is 43.7 Å². The number of carbonyl (C=O) groups is 2. The number of hydrogen-bond donors (Lipinski definition) is 0. The number of nitrogens with zero attached hydrogens (tertiary/aromatic N) is 4. The molecule has 4 rings (SSSR count). The lowest BCUT2D eigenvalue weighted by molar-refractivity contribution is -0.113. The van der Waals surface area contributed by atoms with Crippen LogP contribution in [-0.2, 0) is 11.3 Å². The van der Waals surface area contributed by atoms with Gasteiger partial charge in [0.15, 0.2) is 0 Å². The molecule has 0 saturated carbocycles. The van der Waals surface area contributed by atoms with Crippen LogP contribution >= 0.6 is 23.5 Å². The molecule has 3 aromatic rings. The highest BCUT2D eigenvalue weighted by Gasteiger charge is 2.30. The van der Waals surface area contributed by atoms with E-state index in [2.05, 4.69) is 4.98 Å². The minimum atomic E-state index is -0.857. The van der Waals surface area contributed by atoms with Crippen molar-refractivity contribution in [3.8, 4) is 0 Å². The number of fused-ring (bicyclic) bond motifs is 2. The van der Waals surface area contributed by atoms with Gasteiger partial charge in [-0.15, -0.1) is 11.8 Å². The van der Waals surface area contributed by atoms with Crippen LogP contribution in [0.15, 0.2) is 50.2 Å². The summed E-state index contributed by atoms with van der Waals surface area (Å²) >= 11 is 2.74. The van der Waals surface area contributed by atoms with Gasteiger partial charge in [-0.1, -0.05) is 17.8 Å². The Bertz CT molecular complexity index is 1240. The number of thioether (sulfide) groups is 2. The molecule has 29 heavy (non-hydrogen) atoms. The molecule has 0 unspecified atom stereocenters. The third-order valence-electron chi connectivity index (χ3n) is 4.71. The van der Waals surface area contributed by atoms with Gasteiger partial charge in [0.05, 0.1) is 15.8 Å². The smallest absolute Gasteiger partial charge is 0.294 e. The van der Waals surface area contributed by atoms with Gasteiger partial charge in [-0.25, -0.2) is 14.3 Å². The Hall–Kier alpha value is -2.59. The van der Waals surface area contributed by atoms with Crippen LogP contribution in [-0.4, -0.2) is 41.7 Å². The molecule has 0 atom stereocenters. The highest BCUT2D eigenvalue weighted by atomic mass is 32.2. The van der Waals surface area contributed by atoms with Crippen LogP contribution in [0.1, 0.15) is 23.2 Å². The topological polar surface area (TPSA) is 95.4 Å². The van der Waals surface area contributed by atoms with Crippen molar-refractivity contribution < 1.29 is 9.59 Å². The first-order valence-electron chi connectivity index (χ1n) is 9.10. The second-order valence-electron chi connectivity index (χ2n) is 6.60. The molecule has 0 aromatic carbocycles. The van der Waals surface area contributed by atoms with Crippen LogP contribution in [0.3, 0.4) is 0 Å². The summed E-state index contributed by atoms with van der Waals surface area (Å²) < 4.78 is 3.92. The molecule has 150 valence electrons. The van der Waals surface area contributed by atoms with E-state index in [1.54, 1.807) is 24.9 Å². The number of aromatic nitrogens is 4. The first kappa shape index (κ1) is 19.7. The minimum Gasteiger partial charge on any atom is -0.294 e. The van der Waals surface area contributed by atoms with Crippen LogP contribution in [0.2, 0.25) is 0 Å². The Balaban J connectivity index is 1.45. The average molecular weight is 431 g/mol. The largest absolute Gasteiger partial charge is 0.339 e. The first-order valence-corrected chi connectivity index (χ1v) is 11.1. The monoisotopic (exact) mass is 430 g/mol. The standard InChI is InChI=1S/C19H18N4O4S2/c1-12-16(25)22(19(27)23-17(26)13(24)11-29-18(12)23)8-2-3-10-28-15-6-4-5-14-20-7-9-21(14)15/h4-7,9H,2-3,8,10-11H2,1H3. The Labute approximate surface area is 173 Å². The van der Waals surface area contributed by atoms with E-state index in [9.17, 15) is 19.2 Å². The van der Waals surface area contributed by atoms with Crippen LogP contribution in [0.4, 0.5) is 0 Å². The molecule has 0 aliphatic carbocycles. The van der Waals surface area contributed by atoms with Crippen LogP contribution in [0.25, 0.3) is 5.65 Å². The van der Waals surface area contributed by atoms with E-state index < -0.39 is 22.9 Å². The van der Waals surface area contributed by atoms with Gasteiger partial charge in [-0.2, -0.15) is 0 Å². The molecule has 10 heteroatoms. The summed E-state index contributed by atoms with van der Waals surface area (Å²) in [5, 5.41) is 1.35. The highest BCUT2D eigenvalue weighted by molar-refractivity contribution is 8.00. The van der Waals surface area contributed by atoms with Gasteiger partial charge in [0.2, 0.25) is 5.78 Å². The molecule has 0 saturated heterocycles. The Morgan fingerprint density at radius 1 is 1.17 bits per heavy atom. The summed E-state index contributed by atoms with van der Waals surface area (Å²) in [5.41, 5.74) is 0.0940. The molecular formula is C19H18N4O4S2. The molecule has 8 nitrogen and oxygen atoms in total. The molecule has 1 aliphatic heterocycles. The summed E-state index contributed by atoms with van der Waals surface area (Å²) in [6, 6.07) is 5.91. The van der Waals surface area contributed by atoms with Crippen LogP contribution in [0, 0.1) is 6.92 Å². The van der Waals surface area contributed by atoms with Crippen LogP contribution < -0.4 is 11.2 Å². The fraction of sp³-hybridized carbons (Fsp3) is 0.316. The Morgan fingerprint density at radius 2 is 2.00 bits per heavy atom. The van der Waals surface area contributed by atoms with Crippen molar-refractivity contribution in [2.45, 2.75) is 36.4 Å². The maximum absolute atomic E-state index is 12.7. The van der Waals surface area contributed by atoms with Crippen LogP contribution in [0.5, 0.6) is 0 Å². The molecule has 0 bridgehead atoms. The van der Waals surface area contributed by atoms with Gasteiger partial charge in [0.1, 0.15) is 5.65 Å². The highest BCUT2D eigenvalue weighted by Crippen LogP contribution is 2.23. The summed E-state index contributed by atoms with van der Waals surface area (Å²) in [6.07, 6.45) is 5.05. The van der Waals surface area contributed by atoms with E-state index in [0.29, 0.717) is 12.0 Å². The van der Waals surface area contributed by atoms with Crippen molar-refractivity contribution in [3.63, 3.8) is 0 Å². The number of Topliss-reactive ketones (excluding diaryl/α,β-unsaturated/α-hetero) is 1. The lowest BCUT2D eigenvalue weighted by Gasteiger charge is -2.19. The van der Waals surface area contributed by atoms with Crippen molar-refractivity contribution in [1.29, 1.82) is 0 Å². The van der Waals surface area contributed by atoms with Gasteiger partial charge in [-0.3, -0.25) is 23.4 Å². The van der Waals surface area contributed by atoms with Gasteiger partial charge in [0, 0.05) is 24.5 Å². The number of pyridine rings is 1. The van der Waals surface area contributed by atoms with Crippen molar-refractivity contribution in [2.75, 3.05) is 11.5 Å². The van der Waals surface area contributed by atoms with Gasteiger partial charge in [-0.05, 0) is 37.7 Å². The number of ketones is 1. The minimum absolute atomic E-state index is 0.0382. The molecule has 1 aliphatic rings. The lowest BCUT2D eigenvalue weighted by atomic mass is 10.3. The average Bonchev–Trinajstić information content (AvgIpc) is 3.20. The van der Waals surface area contributed by atoms with E-state index in [1.807, 2.05) is 28.8 Å². The number of unbranched alkanes of at least 4 members (excludes halogenated alkanes) is 1. The molecule has 0 N–H and O–H groups in total. The number of carbonyl (C=O) groups excluding carboxylic acids is 2. The van der Waals surface area contributed by atoms with Crippen molar-refractivity contribution in [3.05, 3.63) is 57.0 Å². The quantitative estimate of drug-likeness (QED) is 0.255. The zero-order valence-corrected chi connectivity index (χ0v) is 17.3. The van der Waals surface area contributed by atoms with Gasteiger partial charge < -0.3 is 0 Å². The van der Waals surface area contributed by atoms with E-state index in [4.69, 9.17) is 0 Å². The maximum Gasteiger partial charge on any atom is 0.339 e. The zero-order chi connectivity index (χ0) is 20.5. The fourth-order valence-electron chi connectivity index (χ4n) is 3.21. The molecular weight excluding hydrogens is 412 g/mol. The maximum atomic E-state index is 12.7. The van der Waals surface area contributed by atoms with Crippen molar-refractivity contribution in [1.82, 2.24) is 18.5 Å². The van der Waals surface area contributed by atoms with Crippen molar-refractivity contribution in [2.24, 2.45) is 0 Å². The Morgan fingerprint density at radius 3 is 2.83 bits per heavy atom. The fourth-order valence-corrected chi connectivity index (χ4v) is 5.22. The van der Waals surface area contributed by atoms with Crippen molar-refractivity contribution >= 4 is 40.9 Å². The molecule has 4 heterocycles. The number of imidazole rings is 1. The second kappa shape index (κ2) is 8.03. The number of hydrogen-bond acceptors (Lipinski definition) is 7. The van der Waals surface area contributed by atoms with Gasteiger partial charge in [0.25, 0.3) is 5.56 Å². The Kier molecular flexibility index (Phi) is 5.46. The summed E-state index contributed by atoms with van der Waals surface area (Å²) in [6.45, 7) is 1.79. The molecule has 0 fully saturated rings. The third kappa shape index (κ3) is 3.58. The third-order valence-corrected chi connectivity index (χ3v) is 7.00. The van der Waals surface area contributed by atoms with E-state index in [-0.39, 0.29) is 17.3 Å². The molecule has 3 aromatic heterocycles. The van der Waals surface area contributed by atoms with Gasteiger partial charge >= 0.3 is 11.6 Å². The summed E-state index contributed by atoms with van der Waals surface area (Å²) in [5.74, 6) is -0.711. The number of rotatable bonds is 6. The van der Waals surface area contributed by atoms with E-state index in [1.165, 1.54) is 0 Å². The van der Waals surface area contributed by atoms with E-state index >= 15 is 0 Å². The first-order chi connectivity index (χ1) is 14.0. The molecule has 0 spiro atoms. The lowest BCUT2D eigenvalue weighted by Crippen LogP contribution is -2.48. The second-order valence-corrected chi connectivity index (χ2v) is 8.68. The summed E-state index contributed by atoms with van der Waals surface area (Å²) in [7, 11) is 0. The molecule has 0 amide bonds. The SMILES string of the molecule is Cc1c2n(c(=O)n(CCCCSc3cccc4nccn34)c1=O)C(=O)C(=O)CS2. The molecule has 0 radical (unpaired) electrons. The normalized spacial score (nSPS) is 13.8. The predicted molar refractivity (Wildman–Crippen MR) is 111 cm³/mol. The predicted octanol–water partition coefficient (Wildman–Crippen LogP) is 1.85.